The molecule has 1 saturated carbocycles. The second-order valence-corrected chi connectivity index (χ2v) is 7.18. The number of nitrogens with zero attached hydrogens (tertiary/aromatic N) is 4. The van der Waals surface area contributed by atoms with Crippen molar-refractivity contribution in [3.8, 4) is 0 Å². The zero-order valence-corrected chi connectivity index (χ0v) is 14.1. The molecule has 1 saturated heterocycles. The molecular weight excluding hydrogens is 302 g/mol. The number of hydrogen-bond acceptors (Lipinski definition) is 3. The molecule has 1 aliphatic heterocycles. The number of carbonyl (C=O) groups excluding carboxylic acids is 1. The summed E-state index contributed by atoms with van der Waals surface area (Å²) in [7, 11) is 1.95. The summed E-state index contributed by atoms with van der Waals surface area (Å²) in [5, 5.41) is 0. The van der Waals surface area contributed by atoms with Gasteiger partial charge in [-0.05, 0) is 25.0 Å². The summed E-state index contributed by atoms with van der Waals surface area (Å²) in [5.41, 5.74) is 8.09. The SMILES string of the molecule is Cn1cnc([C@@H]2CN(C(=O)c3cccn3C3CCCC3)C[C@H]2N)c1. The van der Waals surface area contributed by atoms with E-state index in [1.165, 1.54) is 25.7 Å². The molecule has 2 N–H and O–H groups in total. The highest BCUT2D eigenvalue weighted by atomic mass is 16.2. The minimum absolute atomic E-state index is 0.0567. The molecule has 24 heavy (non-hydrogen) atoms. The Balaban J connectivity index is 1.52. The van der Waals surface area contributed by atoms with E-state index in [-0.39, 0.29) is 17.9 Å². The second-order valence-electron chi connectivity index (χ2n) is 7.18. The Bertz CT molecular complexity index is 727. The van der Waals surface area contributed by atoms with Gasteiger partial charge < -0.3 is 19.8 Å². The van der Waals surface area contributed by atoms with Crippen molar-refractivity contribution in [2.24, 2.45) is 12.8 Å². The molecular formula is C18H25N5O. The summed E-state index contributed by atoms with van der Waals surface area (Å²) < 4.78 is 4.10. The first-order valence-corrected chi connectivity index (χ1v) is 8.83. The lowest BCUT2D eigenvalue weighted by atomic mass is 10.0. The van der Waals surface area contributed by atoms with Gasteiger partial charge in [0.05, 0.1) is 12.0 Å². The van der Waals surface area contributed by atoms with Gasteiger partial charge in [-0.3, -0.25) is 4.79 Å². The summed E-state index contributed by atoms with van der Waals surface area (Å²) >= 11 is 0. The van der Waals surface area contributed by atoms with Crippen molar-refractivity contribution < 1.29 is 4.79 Å². The summed E-state index contributed by atoms with van der Waals surface area (Å²) in [6, 6.07) is 4.35. The Morgan fingerprint density at radius 2 is 2.08 bits per heavy atom. The van der Waals surface area contributed by atoms with E-state index in [0.29, 0.717) is 19.1 Å². The van der Waals surface area contributed by atoms with Crippen molar-refractivity contribution in [3.05, 3.63) is 42.2 Å². The normalized spacial score (nSPS) is 24.8. The molecule has 4 rings (SSSR count). The highest BCUT2D eigenvalue weighted by Crippen LogP contribution is 2.32. The number of aromatic nitrogens is 3. The minimum atomic E-state index is -0.0567. The van der Waals surface area contributed by atoms with Gasteiger partial charge in [0.25, 0.3) is 5.91 Å². The molecule has 128 valence electrons. The molecule has 0 spiro atoms. The molecule has 2 aliphatic rings. The third kappa shape index (κ3) is 2.65. The molecule has 0 radical (unpaired) electrons. The molecule has 0 bridgehead atoms. The number of aryl methyl sites for hydroxylation is 1. The number of carbonyl (C=O) groups is 1. The van der Waals surface area contributed by atoms with Gasteiger partial charge in [0.15, 0.2) is 0 Å². The molecule has 1 aliphatic carbocycles. The van der Waals surface area contributed by atoms with Crippen LogP contribution in [-0.4, -0.2) is 44.1 Å². The van der Waals surface area contributed by atoms with Crippen LogP contribution in [0.15, 0.2) is 30.9 Å². The smallest absolute Gasteiger partial charge is 0.270 e. The quantitative estimate of drug-likeness (QED) is 0.936. The number of nitrogens with two attached hydrogens (primary N) is 1. The Labute approximate surface area is 142 Å². The standard InChI is InChI=1S/C18H25N5O/c1-21-11-16(20-12-21)14-9-22(10-15(14)19)18(24)17-7-4-8-23(17)13-5-2-3-6-13/h4,7-8,11-15H,2-3,5-6,9-10,19H2,1H3/t14-,15-/m1/s1. The predicted molar refractivity (Wildman–Crippen MR) is 91.8 cm³/mol. The molecule has 0 unspecified atom stereocenters. The van der Waals surface area contributed by atoms with Crippen molar-refractivity contribution in [2.45, 2.75) is 43.7 Å². The van der Waals surface area contributed by atoms with E-state index in [2.05, 4.69) is 15.7 Å². The van der Waals surface area contributed by atoms with E-state index in [1.807, 2.05) is 34.8 Å². The summed E-state index contributed by atoms with van der Waals surface area (Å²) in [4.78, 5) is 19.4. The van der Waals surface area contributed by atoms with Crippen LogP contribution in [0.4, 0.5) is 0 Å². The lowest BCUT2D eigenvalue weighted by molar-refractivity contribution is 0.0776. The fourth-order valence-corrected chi connectivity index (χ4v) is 4.17. The van der Waals surface area contributed by atoms with Crippen LogP contribution in [0.5, 0.6) is 0 Å². The van der Waals surface area contributed by atoms with Gasteiger partial charge in [-0.1, -0.05) is 12.8 Å². The van der Waals surface area contributed by atoms with Gasteiger partial charge in [-0.25, -0.2) is 4.98 Å². The third-order valence-corrected chi connectivity index (χ3v) is 5.47. The maximum Gasteiger partial charge on any atom is 0.270 e. The predicted octanol–water partition coefficient (Wildman–Crippen LogP) is 1.90. The van der Waals surface area contributed by atoms with Crippen LogP contribution in [0.1, 0.15) is 53.8 Å². The van der Waals surface area contributed by atoms with E-state index in [4.69, 9.17) is 5.73 Å². The van der Waals surface area contributed by atoms with E-state index in [0.717, 1.165) is 11.4 Å². The molecule has 6 heteroatoms. The number of hydrogen-bond donors (Lipinski definition) is 1. The topological polar surface area (TPSA) is 69.1 Å². The second kappa shape index (κ2) is 6.09. The van der Waals surface area contributed by atoms with Gasteiger partial charge in [-0.15, -0.1) is 0 Å². The summed E-state index contributed by atoms with van der Waals surface area (Å²) in [5.74, 6) is 0.214. The zero-order valence-electron chi connectivity index (χ0n) is 14.1. The Morgan fingerprint density at radius 1 is 1.29 bits per heavy atom. The first kappa shape index (κ1) is 15.4. The largest absolute Gasteiger partial charge is 0.340 e. The summed E-state index contributed by atoms with van der Waals surface area (Å²) in [6.07, 6.45) is 10.7. The average molecular weight is 327 g/mol. The van der Waals surface area contributed by atoms with Gasteiger partial charge in [-0.2, -0.15) is 0 Å². The number of rotatable bonds is 3. The van der Waals surface area contributed by atoms with E-state index in [1.54, 1.807) is 6.33 Å². The first-order chi connectivity index (χ1) is 11.6. The highest BCUT2D eigenvalue weighted by molar-refractivity contribution is 5.93. The fraction of sp³-hybridized carbons (Fsp3) is 0.556. The van der Waals surface area contributed by atoms with Crippen LogP contribution in [-0.2, 0) is 7.05 Å². The van der Waals surface area contributed by atoms with Crippen LogP contribution in [0, 0.1) is 0 Å². The van der Waals surface area contributed by atoms with Crippen LogP contribution in [0.3, 0.4) is 0 Å². The van der Waals surface area contributed by atoms with Gasteiger partial charge >= 0.3 is 0 Å². The van der Waals surface area contributed by atoms with Crippen LogP contribution in [0.2, 0.25) is 0 Å². The third-order valence-electron chi connectivity index (χ3n) is 5.47. The Kier molecular flexibility index (Phi) is 3.92. The monoisotopic (exact) mass is 327 g/mol. The number of amides is 1. The lowest BCUT2D eigenvalue weighted by Gasteiger charge is -2.20. The van der Waals surface area contributed by atoms with Crippen LogP contribution < -0.4 is 5.73 Å². The van der Waals surface area contributed by atoms with Gasteiger partial charge in [0.1, 0.15) is 5.69 Å². The Morgan fingerprint density at radius 3 is 2.79 bits per heavy atom. The molecule has 6 nitrogen and oxygen atoms in total. The van der Waals surface area contributed by atoms with E-state index in [9.17, 15) is 4.79 Å². The van der Waals surface area contributed by atoms with E-state index < -0.39 is 0 Å². The molecule has 2 aromatic rings. The fourth-order valence-electron chi connectivity index (χ4n) is 4.17. The van der Waals surface area contributed by atoms with Crippen LogP contribution >= 0.6 is 0 Å². The van der Waals surface area contributed by atoms with Crippen molar-refractivity contribution in [2.75, 3.05) is 13.1 Å². The average Bonchev–Trinajstić information content (AvgIpc) is 3.33. The van der Waals surface area contributed by atoms with E-state index >= 15 is 0 Å². The first-order valence-electron chi connectivity index (χ1n) is 8.83. The number of imidazole rings is 1. The van der Waals surface area contributed by atoms with Gasteiger partial charge in [0, 0.05) is 50.5 Å². The van der Waals surface area contributed by atoms with Crippen molar-refractivity contribution in [1.29, 1.82) is 0 Å². The van der Waals surface area contributed by atoms with Crippen molar-refractivity contribution in [3.63, 3.8) is 0 Å². The van der Waals surface area contributed by atoms with Crippen molar-refractivity contribution in [1.82, 2.24) is 19.0 Å². The summed E-state index contributed by atoms with van der Waals surface area (Å²) in [6.45, 7) is 1.24. The lowest BCUT2D eigenvalue weighted by Crippen LogP contribution is -2.33. The maximum atomic E-state index is 13.0. The molecule has 2 aromatic heterocycles. The van der Waals surface area contributed by atoms with Crippen LogP contribution in [0.25, 0.3) is 0 Å². The molecule has 3 heterocycles. The van der Waals surface area contributed by atoms with Gasteiger partial charge in [0.2, 0.25) is 0 Å². The minimum Gasteiger partial charge on any atom is -0.340 e. The number of likely N-dealkylation sites (tertiary alicyclic amines) is 1. The highest BCUT2D eigenvalue weighted by Gasteiger charge is 2.36. The molecule has 2 fully saturated rings. The van der Waals surface area contributed by atoms with Crippen molar-refractivity contribution >= 4 is 5.91 Å². The molecule has 2 atom stereocenters. The Hall–Kier alpha value is -2.08. The molecule has 0 aromatic carbocycles. The zero-order chi connectivity index (χ0) is 16.7. The molecule has 1 amide bonds. The maximum absolute atomic E-state index is 13.0.